The lowest BCUT2D eigenvalue weighted by atomic mass is 9.71. The van der Waals surface area contributed by atoms with Crippen LogP contribution in [0, 0.1) is 11.8 Å². The number of aryl methyl sites for hydroxylation is 2. The van der Waals surface area contributed by atoms with Crippen molar-refractivity contribution in [1.29, 1.82) is 0 Å². The van der Waals surface area contributed by atoms with Gasteiger partial charge >= 0.3 is 5.97 Å². The number of rotatable bonds is 5. The van der Waals surface area contributed by atoms with Crippen LogP contribution in [-0.2, 0) is 23.1 Å². The molecule has 1 amide bonds. The van der Waals surface area contributed by atoms with E-state index in [9.17, 15) is 14.7 Å². The minimum atomic E-state index is -0.688. The second kappa shape index (κ2) is 7.71. The summed E-state index contributed by atoms with van der Waals surface area (Å²) in [4.78, 5) is 26.9. The van der Waals surface area contributed by atoms with E-state index in [2.05, 4.69) is 18.2 Å². The van der Waals surface area contributed by atoms with Gasteiger partial charge in [0.15, 0.2) is 0 Å². The highest BCUT2D eigenvalue weighted by molar-refractivity contribution is 5.87. The number of fused-ring (bicyclic) bond motifs is 2. The molecule has 2 aromatic rings. The van der Waals surface area contributed by atoms with Crippen molar-refractivity contribution in [2.45, 2.75) is 69.7 Å². The van der Waals surface area contributed by atoms with Gasteiger partial charge in [0.1, 0.15) is 0 Å². The van der Waals surface area contributed by atoms with Crippen molar-refractivity contribution in [3.8, 4) is 0 Å². The summed E-state index contributed by atoms with van der Waals surface area (Å²) < 4.78 is 1.94. The average molecular weight is 410 g/mol. The number of amides is 1. The summed E-state index contributed by atoms with van der Waals surface area (Å²) in [5.74, 6) is -0.0540. The van der Waals surface area contributed by atoms with Crippen LogP contribution in [-0.4, -0.2) is 44.3 Å². The number of aromatic nitrogens is 2. The van der Waals surface area contributed by atoms with Crippen molar-refractivity contribution in [1.82, 2.24) is 14.7 Å². The Kier molecular flexibility index (Phi) is 5.03. The lowest BCUT2D eigenvalue weighted by Crippen LogP contribution is -2.53. The standard InChI is InChI=1S/C24H31N3O3/c1-26-21-9-2-5-16(15-10-11-15)23(21)19(25-26)12-13-22(28)27-14-4-7-17-18(24(29)30)6-3-8-20(17)27/h2,5,9,15,17-18,20H,3-4,6-8,10-14H2,1H3,(H,29,30). The topological polar surface area (TPSA) is 75.4 Å². The van der Waals surface area contributed by atoms with E-state index in [0.29, 0.717) is 18.8 Å². The molecule has 0 radical (unpaired) electrons. The second-order valence-corrected chi connectivity index (χ2v) is 9.42. The van der Waals surface area contributed by atoms with Crippen LogP contribution in [0.4, 0.5) is 0 Å². The maximum Gasteiger partial charge on any atom is 0.306 e. The minimum absolute atomic E-state index is 0.101. The Labute approximate surface area is 177 Å². The van der Waals surface area contributed by atoms with Crippen molar-refractivity contribution >= 4 is 22.8 Å². The van der Waals surface area contributed by atoms with Gasteiger partial charge in [0.05, 0.1) is 17.1 Å². The van der Waals surface area contributed by atoms with Gasteiger partial charge in [-0.25, -0.2) is 0 Å². The molecule has 2 aliphatic carbocycles. The van der Waals surface area contributed by atoms with E-state index in [1.807, 2.05) is 16.6 Å². The Balaban J connectivity index is 1.33. The molecule has 2 heterocycles. The van der Waals surface area contributed by atoms with Crippen LogP contribution in [0.1, 0.15) is 68.5 Å². The first-order valence-electron chi connectivity index (χ1n) is 11.5. The molecule has 0 spiro atoms. The van der Waals surface area contributed by atoms with Gasteiger partial charge in [-0.3, -0.25) is 14.3 Å². The molecule has 1 N–H and O–H groups in total. The van der Waals surface area contributed by atoms with E-state index in [-0.39, 0.29) is 23.8 Å². The molecule has 5 rings (SSSR count). The molecule has 30 heavy (non-hydrogen) atoms. The number of carboxylic acid groups (broad SMARTS) is 1. The summed E-state index contributed by atoms with van der Waals surface area (Å²) >= 11 is 0. The van der Waals surface area contributed by atoms with Crippen LogP contribution >= 0.6 is 0 Å². The number of nitrogens with zero attached hydrogens (tertiary/aromatic N) is 3. The van der Waals surface area contributed by atoms with E-state index in [1.54, 1.807) is 0 Å². The first kappa shape index (κ1) is 19.6. The zero-order valence-corrected chi connectivity index (χ0v) is 17.7. The highest BCUT2D eigenvalue weighted by Gasteiger charge is 2.43. The lowest BCUT2D eigenvalue weighted by Gasteiger charge is -2.46. The average Bonchev–Trinajstić information content (AvgIpc) is 3.55. The Morgan fingerprint density at radius 2 is 1.97 bits per heavy atom. The van der Waals surface area contributed by atoms with Crippen LogP contribution in [0.15, 0.2) is 18.2 Å². The molecule has 6 heteroatoms. The van der Waals surface area contributed by atoms with Crippen LogP contribution < -0.4 is 0 Å². The van der Waals surface area contributed by atoms with Crippen LogP contribution in [0.5, 0.6) is 0 Å². The van der Waals surface area contributed by atoms with E-state index < -0.39 is 5.97 Å². The summed E-state index contributed by atoms with van der Waals surface area (Å²) in [6.45, 7) is 0.766. The molecule has 3 fully saturated rings. The van der Waals surface area contributed by atoms with Gasteiger partial charge < -0.3 is 10.0 Å². The number of aliphatic carboxylic acids is 1. The lowest BCUT2D eigenvalue weighted by molar-refractivity contribution is -0.151. The molecule has 0 bridgehead atoms. The van der Waals surface area contributed by atoms with Gasteiger partial charge in [-0.1, -0.05) is 18.6 Å². The number of hydrogen-bond donors (Lipinski definition) is 1. The first-order chi connectivity index (χ1) is 14.5. The third-order valence-corrected chi connectivity index (χ3v) is 7.58. The number of hydrogen-bond acceptors (Lipinski definition) is 3. The summed E-state index contributed by atoms with van der Waals surface area (Å²) in [5.41, 5.74) is 3.57. The number of carbonyl (C=O) groups excluding carboxylic acids is 1. The van der Waals surface area contributed by atoms with E-state index in [1.165, 1.54) is 23.8 Å². The molecule has 6 nitrogen and oxygen atoms in total. The van der Waals surface area contributed by atoms with Gasteiger partial charge in [-0.05, 0) is 62.0 Å². The number of carboxylic acids is 1. The summed E-state index contributed by atoms with van der Waals surface area (Å²) in [6, 6.07) is 6.55. The van der Waals surface area contributed by atoms with Gasteiger partial charge in [0.25, 0.3) is 0 Å². The smallest absolute Gasteiger partial charge is 0.306 e. The van der Waals surface area contributed by atoms with Crippen molar-refractivity contribution in [2.24, 2.45) is 18.9 Å². The van der Waals surface area contributed by atoms with Gasteiger partial charge in [0.2, 0.25) is 5.91 Å². The number of piperidine rings is 1. The second-order valence-electron chi connectivity index (χ2n) is 9.42. The van der Waals surface area contributed by atoms with Crippen molar-refractivity contribution in [2.75, 3.05) is 6.54 Å². The number of benzene rings is 1. The maximum absolute atomic E-state index is 13.2. The molecular formula is C24H31N3O3. The molecule has 2 saturated carbocycles. The predicted molar refractivity (Wildman–Crippen MR) is 114 cm³/mol. The Morgan fingerprint density at radius 1 is 1.13 bits per heavy atom. The van der Waals surface area contributed by atoms with Crippen LogP contribution in [0.25, 0.3) is 10.9 Å². The number of likely N-dealkylation sites (tertiary alicyclic amines) is 1. The molecule has 1 aromatic carbocycles. The highest BCUT2D eigenvalue weighted by Crippen LogP contribution is 2.44. The zero-order chi connectivity index (χ0) is 20.8. The molecule has 160 valence electrons. The molecular weight excluding hydrogens is 378 g/mol. The van der Waals surface area contributed by atoms with E-state index in [4.69, 9.17) is 5.10 Å². The monoisotopic (exact) mass is 409 g/mol. The predicted octanol–water partition coefficient (Wildman–Crippen LogP) is 3.88. The fourth-order valence-electron chi connectivity index (χ4n) is 6.01. The number of carbonyl (C=O) groups is 2. The third kappa shape index (κ3) is 3.40. The fourth-order valence-corrected chi connectivity index (χ4v) is 6.01. The van der Waals surface area contributed by atoms with Gasteiger partial charge in [-0.15, -0.1) is 0 Å². The first-order valence-corrected chi connectivity index (χ1v) is 11.5. The molecule has 3 unspecified atom stereocenters. The normalized spacial score (nSPS) is 26.6. The van der Waals surface area contributed by atoms with Gasteiger partial charge in [-0.2, -0.15) is 5.10 Å². The Bertz CT molecular complexity index is 977. The van der Waals surface area contributed by atoms with Crippen LogP contribution in [0.2, 0.25) is 0 Å². The van der Waals surface area contributed by atoms with Crippen LogP contribution in [0.3, 0.4) is 0 Å². The van der Waals surface area contributed by atoms with Crippen molar-refractivity contribution in [3.63, 3.8) is 0 Å². The summed E-state index contributed by atoms with van der Waals surface area (Å²) in [7, 11) is 1.98. The minimum Gasteiger partial charge on any atom is -0.481 e. The van der Waals surface area contributed by atoms with E-state index in [0.717, 1.165) is 49.9 Å². The SMILES string of the molecule is Cn1nc(CCC(=O)N2CCCC3C(C(=O)O)CCCC32)c2c(C3CC3)cccc21. The molecule has 1 aliphatic heterocycles. The van der Waals surface area contributed by atoms with Gasteiger partial charge in [0, 0.05) is 37.9 Å². The summed E-state index contributed by atoms with van der Waals surface area (Å²) in [5, 5.41) is 15.6. The zero-order valence-electron chi connectivity index (χ0n) is 17.7. The fraction of sp³-hybridized carbons (Fsp3) is 0.625. The van der Waals surface area contributed by atoms with Crippen molar-refractivity contribution in [3.05, 3.63) is 29.5 Å². The molecule has 1 aromatic heterocycles. The highest BCUT2D eigenvalue weighted by atomic mass is 16.4. The summed E-state index contributed by atoms with van der Waals surface area (Å²) in [6.07, 6.45) is 8.03. The Hall–Kier alpha value is -2.37. The largest absolute Gasteiger partial charge is 0.481 e. The third-order valence-electron chi connectivity index (χ3n) is 7.58. The van der Waals surface area contributed by atoms with Crippen molar-refractivity contribution < 1.29 is 14.7 Å². The van der Waals surface area contributed by atoms with E-state index >= 15 is 0 Å². The molecule has 1 saturated heterocycles. The molecule has 3 aliphatic rings. The maximum atomic E-state index is 13.2. The molecule has 3 atom stereocenters. The quantitative estimate of drug-likeness (QED) is 0.813. The Morgan fingerprint density at radius 3 is 2.73 bits per heavy atom.